The minimum atomic E-state index is -3.62. The molecule has 0 radical (unpaired) electrons. The van der Waals surface area contributed by atoms with Crippen LogP contribution < -0.4 is 20.7 Å². The van der Waals surface area contributed by atoms with E-state index in [2.05, 4.69) is 43.1 Å². The molecule has 2 fully saturated rings. The average molecular weight is 546 g/mol. The van der Waals surface area contributed by atoms with Crippen molar-refractivity contribution in [3.05, 3.63) is 41.2 Å². The van der Waals surface area contributed by atoms with Crippen LogP contribution in [-0.4, -0.2) is 52.6 Å². The molecule has 3 aromatic rings. The van der Waals surface area contributed by atoms with Crippen molar-refractivity contribution in [1.82, 2.24) is 25.1 Å². The van der Waals surface area contributed by atoms with Crippen molar-refractivity contribution in [2.75, 3.05) is 23.7 Å². The third-order valence-electron chi connectivity index (χ3n) is 6.56. The number of sulfone groups is 1. The summed E-state index contributed by atoms with van der Waals surface area (Å²) < 4.78 is 33.3. The second kappa shape index (κ2) is 10.5. The Balaban J connectivity index is 1.41. The van der Waals surface area contributed by atoms with Crippen LogP contribution in [0.3, 0.4) is 0 Å². The number of hydrogen-bond acceptors (Lipinski definition) is 9. The first kappa shape index (κ1) is 25.7. The number of rotatable bonds is 9. The molecule has 1 aromatic carbocycles. The Morgan fingerprint density at radius 3 is 2.59 bits per heavy atom. The van der Waals surface area contributed by atoms with Gasteiger partial charge in [0.1, 0.15) is 10.8 Å². The molecule has 0 atom stereocenters. The second-order valence-corrected chi connectivity index (χ2v) is 12.7. The zero-order valence-corrected chi connectivity index (χ0v) is 22.7. The van der Waals surface area contributed by atoms with Gasteiger partial charge < -0.3 is 20.7 Å². The predicted octanol–water partition coefficient (Wildman–Crippen LogP) is 4.54. The van der Waals surface area contributed by atoms with Gasteiger partial charge in [-0.25, -0.2) is 13.4 Å². The van der Waals surface area contributed by atoms with Crippen molar-refractivity contribution in [1.29, 1.82) is 0 Å². The van der Waals surface area contributed by atoms with Crippen LogP contribution in [0.5, 0.6) is 5.75 Å². The first-order valence-corrected chi connectivity index (χ1v) is 14.5. The van der Waals surface area contributed by atoms with Crippen molar-refractivity contribution in [3.63, 3.8) is 0 Å². The highest BCUT2D eigenvalue weighted by Crippen LogP contribution is 2.38. The summed E-state index contributed by atoms with van der Waals surface area (Å²) in [5, 5.41) is 13.4. The number of anilines is 4. The lowest BCUT2D eigenvalue weighted by atomic mass is 9.90. The zero-order chi connectivity index (χ0) is 26.2. The Morgan fingerprint density at radius 1 is 1.14 bits per heavy atom. The molecule has 3 N–H and O–H groups in total. The largest absolute Gasteiger partial charge is 0.488 e. The van der Waals surface area contributed by atoms with Gasteiger partial charge in [0.25, 0.3) is 0 Å². The number of halogens is 1. The molecule has 1 aliphatic carbocycles. The molecule has 198 valence electrons. The first-order chi connectivity index (χ1) is 17.7. The van der Waals surface area contributed by atoms with E-state index in [-0.39, 0.29) is 22.0 Å². The maximum Gasteiger partial charge on any atom is 0.229 e. The van der Waals surface area contributed by atoms with Crippen molar-refractivity contribution in [2.45, 2.75) is 61.8 Å². The lowest BCUT2D eigenvalue weighted by Crippen LogP contribution is -2.26. The van der Waals surface area contributed by atoms with Gasteiger partial charge in [-0.3, -0.25) is 4.68 Å². The number of nitrogens with zero attached hydrogens (tertiary/aromatic N) is 4. The number of nitrogens with one attached hydrogen (secondary N) is 3. The fraction of sp³-hybridized carbons (Fsp3) is 0.480. The molecule has 10 nitrogen and oxygen atoms in total. The Bertz CT molecular complexity index is 1380. The third-order valence-corrected chi connectivity index (χ3v) is 8.92. The van der Waals surface area contributed by atoms with E-state index < -0.39 is 15.1 Å². The van der Waals surface area contributed by atoms with E-state index in [0.29, 0.717) is 17.6 Å². The van der Waals surface area contributed by atoms with Crippen LogP contribution in [0.15, 0.2) is 35.6 Å². The van der Waals surface area contributed by atoms with Gasteiger partial charge in [0.15, 0.2) is 5.82 Å². The monoisotopic (exact) mass is 545 g/mol. The van der Waals surface area contributed by atoms with Gasteiger partial charge in [-0.1, -0.05) is 17.7 Å². The third kappa shape index (κ3) is 5.83. The van der Waals surface area contributed by atoms with Gasteiger partial charge in [-0.05, 0) is 76.2 Å². The van der Waals surface area contributed by atoms with E-state index in [0.717, 1.165) is 50.2 Å². The second-order valence-electron chi connectivity index (χ2n) is 9.85. The van der Waals surface area contributed by atoms with E-state index in [1.54, 1.807) is 27.1 Å². The van der Waals surface area contributed by atoms with Gasteiger partial charge >= 0.3 is 0 Å². The maximum atomic E-state index is 12.8. The molecular weight excluding hydrogens is 514 g/mol. The first-order valence-electron chi connectivity index (χ1n) is 12.6. The number of piperidine rings is 1. The zero-order valence-electron chi connectivity index (χ0n) is 21.2. The summed E-state index contributed by atoms with van der Waals surface area (Å²) in [4.78, 5) is 8.86. The van der Waals surface area contributed by atoms with Gasteiger partial charge in [-0.2, -0.15) is 10.1 Å². The summed E-state index contributed by atoms with van der Waals surface area (Å²) in [5.41, 5.74) is 2.34. The van der Waals surface area contributed by atoms with Crippen molar-refractivity contribution in [2.24, 2.45) is 7.05 Å². The molecule has 1 aliphatic heterocycles. The fourth-order valence-electron chi connectivity index (χ4n) is 4.26. The van der Waals surface area contributed by atoms with Gasteiger partial charge in [-0.15, -0.1) is 0 Å². The standard InChI is InChI=1S/C25H32ClN7O3S/c1-15(2)37(34,35)24-21(14-33(3)32-24)29-23-19(26)13-28-25(31-23)30-20-7-4-17(16-8-10-27-11-9-16)12-22(20)36-18-5-6-18/h4,7,12-16,18,27H,5-6,8-11H2,1-3H3,(H2,28,29,30,31). The van der Waals surface area contributed by atoms with Crippen LogP contribution in [0.4, 0.5) is 23.1 Å². The summed E-state index contributed by atoms with van der Waals surface area (Å²) in [5.74, 6) is 1.86. The summed E-state index contributed by atoms with van der Waals surface area (Å²) in [6.45, 7) is 5.28. The molecule has 1 saturated heterocycles. The quantitative estimate of drug-likeness (QED) is 0.355. The maximum absolute atomic E-state index is 12.8. The number of aromatic nitrogens is 4. The molecule has 0 spiro atoms. The molecule has 37 heavy (non-hydrogen) atoms. The molecule has 1 saturated carbocycles. The van der Waals surface area contributed by atoms with Crippen LogP contribution in [0.1, 0.15) is 51.0 Å². The Hall–Kier alpha value is -2.89. The SMILES string of the molecule is CC(C)S(=O)(=O)c1nn(C)cc1Nc1nc(Nc2ccc(C3CCNCC3)cc2OC2CC2)ncc1Cl. The van der Waals surface area contributed by atoms with E-state index in [1.807, 2.05) is 6.07 Å². The van der Waals surface area contributed by atoms with Crippen LogP contribution in [0.2, 0.25) is 5.02 Å². The van der Waals surface area contributed by atoms with Crippen molar-refractivity contribution < 1.29 is 13.2 Å². The minimum Gasteiger partial charge on any atom is -0.488 e. The molecule has 2 aliphatic rings. The normalized spacial score (nSPS) is 16.7. The number of ether oxygens (including phenoxy) is 1. The lowest BCUT2D eigenvalue weighted by Gasteiger charge is -2.24. The Kier molecular flexibility index (Phi) is 7.28. The topological polar surface area (TPSA) is 123 Å². The highest BCUT2D eigenvalue weighted by atomic mass is 35.5. The molecule has 3 heterocycles. The highest BCUT2D eigenvalue weighted by molar-refractivity contribution is 7.92. The summed E-state index contributed by atoms with van der Waals surface area (Å²) in [6, 6.07) is 6.27. The van der Waals surface area contributed by atoms with Gasteiger partial charge in [0, 0.05) is 13.2 Å². The molecule has 5 rings (SSSR count). The average Bonchev–Trinajstić information content (AvgIpc) is 3.61. The molecule has 0 bridgehead atoms. The molecule has 0 unspecified atom stereocenters. The fourth-order valence-corrected chi connectivity index (χ4v) is 5.50. The highest BCUT2D eigenvalue weighted by Gasteiger charge is 2.28. The van der Waals surface area contributed by atoms with E-state index in [1.165, 1.54) is 16.4 Å². The van der Waals surface area contributed by atoms with E-state index >= 15 is 0 Å². The van der Waals surface area contributed by atoms with E-state index in [4.69, 9.17) is 16.3 Å². The predicted molar refractivity (Wildman–Crippen MR) is 144 cm³/mol. The van der Waals surface area contributed by atoms with Gasteiger partial charge in [0.05, 0.1) is 28.9 Å². The molecular formula is C25H32ClN7O3S. The minimum absolute atomic E-state index is 0.0530. The van der Waals surface area contributed by atoms with Gasteiger partial charge in [0.2, 0.25) is 20.8 Å². The molecule has 0 amide bonds. The van der Waals surface area contributed by atoms with E-state index in [9.17, 15) is 8.42 Å². The number of benzene rings is 1. The smallest absolute Gasteiger partial charge is 0.229 e. The van der Waals surface area contributed by atoms with Crippen LogP contribution in [0, 0.1) is 0 Å². The Labute approximate surface area is 222 Å². The van der Waals surface area contributed by atoms with Crippen LogP contribution in [0.25, 0.3) is 0 Å². The van der Waals surface area contributed by atoms with Crippen molar-refractivity contribution >= 4 is 44.6 Å². The summed E-state index contributed by atoms with van der Waals surface area (Å²) >= 11 is 6.38. The number of hydrogen-bond donors (Lipinski definition) is 3. The summed E-state index contributed by atoms with van der Waals surface area (Å²) in [6.07, 6.45) is 7.60. The lowest BCUT2D eigenvalue weighted by molar-refractivity contribution is 0.304. The summed E-state index contributed by atoms with van der Waals surface area (Å²) in [7, 11) is -1.96. The number of aryl methyl sites for hydroxylation is 1. The van der Waals surface area contributed by atoms with Crippen LogP contribution >= 0.6 is 11.6 Å². The molecule has 12 heteroatoms. The Morgan fingerprint density at radius 2 is 1.89 bits per heavy atom. The molecule has 2 aromatic heterocycles. The van der Waals surface area contributed by atoms with Crippen LogP contribution in [-0.2, 0) is 16.9 Å². The van der Waals surface area contributed by atoms with Crippen molar-refractivity contribution in [3.8, 4) is 5.75 Å².